The summed E-state index contributed by atoms with van der Waals surface area (Å²) in [6.07, 6.45) is 1.18. The van der Waals surface area contributed by atoms with Crippen LogP contribution < -0.4 is 15.5 Å². The highest BCUT2D eigenvalue weighted by molar-refractivity contribution is 5.84. The number of carbonyl (C=O) groups is 1. The molecule has 2 aromatic heterocycles. The largest absolute Gasteiger partial charge is 0.390 e. The van der Waals surface area contributed by atoms with E-state index in [1.54, 1.807) is 6.33 Å². The van der Waals surface area contributed by atoms with Crippen molar-refractivity contribution in [2.24, 2.45) is 5.92 Å². The van der Waals surface area contributed by atoms with E-state index in [-0.39, 0.29) is 24.4 Å². The van der Waals surface area contributed by atoms with E-state index < -0.39 is 23.9 Å². The van der Waals surface area contributed by atoms with Gasteiger partial charge in [0, 0.05) is 26.1 Å². The second-order valence-electron chi connectivity index (χ2n) is 11.5. The molecule has 0 bridgehead atoms. The van der Waals surface area contributed by atoms with Gasteiger partial charge in [-0.1, -0.05) is 67.6 Å². The standard InChI is InChI=1S/C31H37N7O4/c1-19-15-24(27(41)26(19)40)38-18-33-25-28(35-30(36-29(25)38)37-14-13-23(16-37)34-20(2)39)32-17-31(42,21-9-5-3-6-10-21)22-11-7-4-8-12-22/h3-12,18-19,23-24,26-27,40-42H,13-17H2,1-2H3,(H,34,39)(H,32,35,36)/t19-,23+,24+,26+,27-/m0/s1. The van der Waals surface area contributed by atoms with Gasteiger partial charge in [-0.05, 0) is 29.9 Å². The number of hydrogen-bond donors (Lipinski definition) is 5. The minimum atomic E-state index is -1.37. The summed E-state index contributed by atoms with van der Waals surface area (Å²) in [6, 6.07) is 18.6. The molecular weight excluding hydrogens is 534 g/mol. The highest BCUT2D eigenvalue weighted by Crippen LogP contribution is 2.38. The first-order chi connectivity index (χ1) is 20.2. The molecule has 3 heterocycles. The molecule has 2 aliphatic rings. The van der Waals surface area contributed by atoms with Gasteiger partial charge >= 0.3 is 0 Å². The van der Waals surface area contributed by atoms with Crippen LogP contribution in [-0.4, -0.2) is 78.6 Å². The molecule has 11 nitrogen and oxygen atoms in total. The molecule has 1 aliphatic carbocycles. The van der Waals surface area contributed by atoms with Gasteiger partial charge in [0.1, 0.15) is 11.7 Å². The molecule has 5 N–H and O–H groups in total. The number of fused-ring (bicyclic) bond motifs is 1. The molecule has 42 heavy (non-hydrogen) atoms. The van der Waals surface area contributed by atoms with Gasteiger partial charge in [-0.3, -0.25) is 4.79 Å². The average molecular weight is 572 g/mol. The van der Waals surface area contributed by atoms with E-state index in [1.807, 2.05) is 77.1 Å². The van der Waals surface area contributed by atoms with E-state index in [0.717, 1.165) is 17.5 Å². The Balaban J connectivity index is 1.40. The number of benzene rings is 2. The number of aliphatic hydroxyl groups excluding tert-OH is 2. The Hall–Kier alpha value is -4.06. The molecule has 4 aromatic rings. The molecule has 2 aromatic carbocycles. The first kappa shape index (κ1) is 28.1. The Morgan fingerprint density at radius 3 is 2.29 bits per heavy atom. The molecule has 2 fully saturated rings. The van der Waals surface area contributed by atoms with Gasteiger partial charge in [0.25, 0.3) is 0 Å². The minimum Gasteiger partial charge on any atom is -0.390 e. The van der Waals surface area contributed by atoms with Crippen LogP contribution in [0.3, 0.4) is 0 Å². The van der Waals surface area contributed by atoms with E-state index in [4.69, 9.17) is 9.97 Å². The van der Waals surface area contributed by atoms with Gasteiger partial charge in [-0.15, -0.1) is 0 Å². The van der Waals surface area contributed by atoms with Crippen molar-refractivity contribution in [1.82, 2.24) is 24.8 Å². The third kappa shape index (κ3) is 5.19. The fourth-order valence-corrected chi connectivity index (χ4v) is 6.27. The van der Waals surface area contributed by atoms with Crippen molar-refractivity contribution in [2.45, 2.75) is 56.6 Å². The Morgan fingerprint density at radius 2 is 1.69 bits per heavy atom. The lowest BCUT2D eigenvalue weighted by Crippen LogP contribution is -2.36. The van der Waals surface area contributed by atoms with Gasteiger partial charge in [-0.2, -0.15) is 9.97 Å². The van der Waals surface area contributed by atoms with Crippen LogP contribution in [0.25, 0.3) is 11.2 Å². The van der Waals surface area contributed by atoms with Crippen LogP contribution >= 0.6 is 0 Å². The lowest BCUT2D eigenvalue weighted by Gasteiger charge is -2.30. The fraction of sp³-hybridized carbons (Fsp3) is 0.419. The van der Waals surface area contributed by atoms with Crippen molar-refractivity contribution in [2.75, 3.05) is 29.9 Å². The molecule has 0 spiro atoms. The summed E-state index contributed by atoms with van der Waals surface area (Å²) >= 11 is 0. The number of amides is 1. The molecule has 1 saturated heterocycles. The number of rotatable bonds is 8. The zero-order valence-corrected chi connectivity index (χ0v) is 23.8. The maximum absolute atomic E-state index is 12.1. The van der Waals surface area contributed by atoms with Crippen molar-refractivity contribution >= 4 is 28.8 Å². The number of imidazole rings is 1. The van der Waals surface area contributed by atoms with Crippen LogP contribution in [0.15, 0.2) is 67.0 Å². The predicted octanol–water partition coefficient (Wildman–Crippen LogP) is 2.19. The summed E-state index contributed by atoms with van der Waals surface area (Å²) in [5.74, 6) is 0.750. The SMILES string of the molecule is CC(=O)N[C@@H]1CCN(c2nc(NCC(O)(c3ccccc3)c3ccccc3)c3ncn([C@@H]4C[C@H](C)[C@@H](O)[C@H]4O)c3n2)C1. The molecule has 1 aliphatic heterocycles. The van der Waals surface area contributed by atoms with E-state index in [9.17, 15) is 20.1 Å². The summed E-state index contributed by atoms with van der Waals surface area (Å²) in [7, 11) is 0. The first-order valence-electron chi connectivity index (χ1n) is 14.4. The normalized spacial score (nSPS) is 24.3. The Bertz CT molecular complexity index is 1510. The molecule has 11 heteroatoms. The maximum atomic E-state index is 12.1. The third-order valence-corrected chi connectivity index (χ3v) is 8.60. The second kappa shape index (κ2) is 11.3. The van der Waals surface area contributed by atoms with Gasteiger partial charge < -0.3 is 35.4 Å². The van der Waals surface area contributed by atoms with Crippen molar-refractivity contribution in [3.8, 4) is 0 Å². The van der Waals surface area contributed by atoms with E-state index >= 15 is 0 Å². The van der Waals surface area contributed by atoms with Crippen molar-refractivity contribution in [1.29, 1.82) is 0 Å². The summed E-state index contributed by atoms with van der Waals surface area (Å²) in [5.41, 5.74) is 1.12. The monoisotopic (exact) mass is 571 g/mol. The zero-order chi connectivity index (χ0) is 29.4. The maximum Gasteiger partial charge on any atom is 0.229 e. The smallest absolute Gasteiger partial charge is 0.229 e. The average Bonchev–Trinajstić information content (AvgIpc) is 3.71. The number of hydrogen-bond acceptors (Lipinski definition) is 9. The van der Waals surface area contributed by atoms with Crippen LogP contribution in [0.1, 0.15) is 43.9 Å². The van der Waals surface area contributed by atoms with Crippen LogP contribution in [0.4, 0.5) is 11.8 Å². The van der Waals surface area contributed by atoms with E-state index in [0.29, 0.717) is 42.4 Å². The Labute approximate surface area is 244 Å². The number of aromatic nitrogens is 4. The van der Waals surface area contributed by atoms with Gasteiger partial charge in [-0.25, -0.2) is 4.98 Å². The van der Waals surface area contributed by atoms with Crippen LogP contribution in [-0.2, 0) is 10.4 Å². The van der Waals surface area contributed by atoms with Gasteiger partial charge in [0.05, 0.1) is 25.0 Å². The molecule has 1 saturated carbocycles. The fourth-order valence-electron chi connectivity index (χ4n) is 6.27. The number of carbonyl (C=O) groups excluding carboxylic acids is 1. The number of aliphatic hydroxyl groups is 3. The highest BCUT2D eigenvalue weighted by atomic mass is 16.3. The lowest BCUT2D eigenvalue weighted by molar-refractivity contribution is -0.119. The van der Waals surface area contributed by atoms with Crippen LogP contribution in [0.5, 0.6) is 0 Å². The molecule has 1 amide bonds. The lowest BCUT2D eigenvalue weighted by atomic mass is 9.86. The van der Waals surface area contributed by atoms with Crippen molar-refractivity contribution in [3.63, 3.8) is 0 Å². The van der Waals surface area contributed by atoms with Crippen molar-refractivity contribution < 1.29 is 20.1 Å². The summed E-state index contributed by atoms with van der Waals surface area (Å²) in [4.78, 5) is 28.1. The summed E-state index contributed by atoms with van der Waals surface area (Å²) in [6.45, 7) is 4.74. The third-order valence-electron chi connectivity index (χ3n) is 8.60. The van der Waals surface area contributed by atoms with E-state index in [1.165, 1.54) is 6.92 Å². The quantitative estimate of drug-likeness (QED) is 0.215. The second-order valence-corrected chi connectivity index (χ2v) is 11.5. The molecular formula is C31H37N7O4. The molecule has 5 atom stereocenters. The molecule has 220 valence electrons. The van der Waals surface area contributed by atoms with Gasteiger partial charge in [0.15, 0.2) is 17.0 Å². The predicted molar refractivity (Wildman–Crippen MR) is 159 cm³/mol. The molecule has 0 unspecified atom stereocenters. The zero-order valence-electron chi connectivity index (χ0n) is 23.8. The minimum absolute atomic E-state index is 0.0166. The Kier molecular flexibility index (Phi) is 7.56. The topological polar surface area (TPSA) is 149 Å². The summed E-state index contributed by atoms with van der Waals surface area (Å²) in [5, 5.41) is 39.8. The number of nitrogens with one attached hydrogen (secondary N) is 2. The summed E-state index contributed by atoms with van der Waals surface area (Å²) < 4.78 is 1.82. The van der Waals surface area contributed by atoms with Crippen LogP contribution in [0, 0.1) is 5.92 Å². The van der Waals surface area contributed by atoms with Crippen LogP contribution in [0.2, 0.25) is 0 Å². The van der Waals surface area contributed by atoms with Crippen molar-refractivity contribution in [3.05, 3.63) is 78.1 Å². The highest BCUT2D eigenvalue weighted by Gasteiger charge is 2.41. The molecule has 6 rings (SSSR count). The Morgan fingerprint density at radius 1 is 1.02 bits per heavy atom. The molecule has 0 radical (unpaired) electrons. The van der Waals surface area contributed by atoms with Gasteiger partial charge in [0.2, 0.25) is 11.9 Å². The van der Waals surface area contributed by atoms with E-state index in [2.05, 4.69) is 15.6 Å². The number of anilines is 2. The number of nitrogens with zero attached hydrogens (tertiary/aromatic N) is 5. The first-order valence-corrected chi connectivity index (χ1v) is 14.4.